The van der Waals surface area contributed by atoms with E-state index in [0.29, 0.717) is 26.4 Å². The summed E-state index contributed by atoms with van der Waals surface area (Å²) < 4.78 is 15.1. The van der Waals surface area contributed by atoms with Gasteiger partial charge in [-0.15, -0.1) is 0 Å². The van der Waals surface area contributed by atoms with Gasteiger partial charge in [-0.05, 0) is 20.3 Å². The highest BCUT2D eigenvalue weighted by Crippen LogP contribution is 1.87. The average Bonchev–Trinajstić information content (AvgIpc) is 2.36. The molecule has 0 amide bonds. The summed E-state index contributed by atoms with van der Waals surface area (Å²) in [6, 6.07) is 0. The van der Waals surface area contributed by atoms with E-state index >= 15 is 0 Å². The topological polar surface area (TPSA) is 68.2 Å². The Kier molecular flexibility index (Phi) is 21.4. The lowest BCUT2D eigenvalue weighted by Crippen LogP contribution is -2.07. The number of rotatable bonds is 11. The van der Waals surface area contributed by atoms with Crippen LogP contribution in [-0.2, 0) is 14.2 Å². The normalized spacial score (nSPS) is 10.3. The molecule has 18 heavy (non-hydrogen) atoms. The second-order valence-electron chi connectivity index (χ2n) is 3.95. The first-order valence-corrected chi connectivity index (χ1v) is 6.67. The Hall–Kier alpha value is -0.200. The van der Waals surface area contributed by atoms with Crippen LogP contribution >= 0.6 is 0 Å². The Morgan fingerprint density at radius 1 is 0.833 bits per heavy atom. The molecule has 0 spiro atoms. The molecule has 0 heterocycles. The van der Waals surface area contributed by atoms with Crippen molar-refractivity contribution in [1.82, 2.24) is 0 Å². The van der Waals surface area contributed by atoms with Crippen LogP contribution in [0.3, 0.4) is 0 Å². The largest absolute Gasteiger partial charge is 0.394 e. The molecule has 5 nitrogen and oxygen atoms in total. The predicted molar refractivity (Wildman–Crippen MR) is 71.8 cm³/mol. The van der Waals surface area contributed by atoms with Crippen molar-refractivity contribution in [3.8, 4) is 0 Å². The number of ether oxygens (including phenoxy) is 3. The van der Waals surface area contributed by atoms with Crippen molar-refractivity contribution in [3.63, 3.8) is 0 Å². The van der Waals surface area contributed by atoms with Crippen LogP contribution < -0.4 is 0 Å². The first-order valence-electron chi connectivity index (χ1n) is 6.67. The monoisotopic (exact) mass is 266 g/mol. The van der Waals surface area contributed by atoms with E-state index in [1.54, 1.807) is 0 Å². The standard InChI is InChI=1S/C8H18O3.C5H12O2/c1-2-3-5-10-7-8-11-6-4-9;1-5(2)7-4-3-6/h9H,2-8H2,1H3;5-6H,3-4H2,1-2H3. The van der Waals surface area contributed by atoms with E-state index in [2.05, 4.69) is 6.92 Å². The fourth-order valence-corrected chi connectivity index (χ4v) is 0.921. The van der Waals surface area contributed by atoms with Crippen molar-refractivity contribution < 1.29 is 24.4 Å². The molecule has 0 rings (SSSR count). The van der Waals surface area contributed by atoms with E-state index in [1.165, 1.54) is 0 Å². The van der Waals surface area contributed by atoms with Crippen LogP contribution in [0.2, 0.25) is 0 Å². The van der Waals surface area contributed by atoms with Crippen LogP contribution in [-0.4, -0.2) is 62.6 Å². The SMILES string of the molecule is CC(C)OCCO.CCCCOCCOCCO. The van der Waals surface area contributed by atoms with Gasteiger partial charge in [-0.25, -0.2) is 0 Å². The number of hydrogen-bond donors (Lipinski definition) is 2. The van der Waals surface area contributed by atoms with Crippen LogP contribution in [0, 0.1) is 0 Å². The number of hydrogen-bond acceptors (Lipinski definition) is 5. The fraction of sp³-hybridized carbons (Fsp3) is 1.00. The summed E-state index contributed by atoms with van der Waals surface area (Å²) in [4.78, 5) is 0. The predicted octanol–water partition coefficient (Wildman–Crippen LogP) is 1.22. The highest BCUT2D eigenvalue weighted by Gasteiger charge is 1.88. The minimum absolute atomic E-state index is 0.0922. The molecule has 0 radical (unpaired) electrons. The lowest BCUT2D eigenvalue weighted by molar-refractivity contribution is 0.0324. The van der Waals surface area contributed by atoms with Crippen LogP contribution in [0.4, 0.5) is 0 Å². The second-order valence-corrected chi connectivity index (χ2v) is 3.95. The highest BCUT2D eigenvalue weighted by molar-refractivity contribution is 4.34. The van der Waals surface area contributed by atoms with Gasteiger partial charge in [-0.3, -0.25) is 0 Å². The summed E-state index contributed by atoms with van der Waals surface area (Å²) in [5, 5.41) is 16.5. The highest BCUT2D eigenvalue weighted by atomic mass is 16.5. The van der Waals surface area contributed by atoms with Gasteiger partial charge in [-0.2, -0.15) is 0 Å². The molecule has 0 bridgehead atoms. The maximum Gasteiger partial charge on any atom is 0.0701 e. The molecule has 0 aliphatic heterocycles. The second kappa shape index (κ2) is 19.1. The molecule has 0 saturated heterocycles. The zero-order valence-electron chi connectivity index (χ0n) is 12.1. The van der Waals surface area contributed by atoms with Gasteiger partial charge in [-0.1, -0.05) is 13.3 Å². The van der Waals surface area contributed by atoms with Gasteiger partial charge in [0.2, 0.25) is 0 Å². The molecule has 0 aromatic carbocycles. The summed E-state index contributed by atoms with van der Waals surface area (Å²) in [6.07, 6.45) is 2.52. The van der Waals surface area contributed by atoms with Crippen LogP contribution in [0.25, 0.3) is 0 Å². The third-order valence-electron chi connectivity index (χ3n) is 1.79. The van der Waals surface area contributed by atoms with Crippen molar-refractivity contribution >= 4 is 0 Å². The third-order valence-corrected chi connectivity index (χ3v) is 1.79. The Bertz CT molecular complexity index is 123. The minimum atomic E-state index is 0.0922. The summed E-state index contributed by atoms with van der Waals surface area (Å²) in [6.45, 7) is 9.14. The van der Waals surface area contributed by atoms with Gasteiger partial charge in [0, 0.05) is 6.61 Å². The molecule has 0 saturated carbocycles. The number of unbranched alkanes of at least 4 members (excludes halogenated alkanes) is 1. The summed E-state index contributed by atoms with van der Waals surface area (Å²) >= 11 is 0. The van der Waals surface area contributed by atoms with Crippen LogP contribution in [0.1, 0.15) is 33.6 Å². The molecule has 0 atom stereocenters. The van der Waals surface area contributed by atoms with Crippen molar-refractivity contribution in [1.29, 1.82) is 0 Å². The summed E-state index contributed by atoms with van der Waals surface area (Å²) in [5.74, 6) is 0. The molecule has 5 heteroatoms. The van der Waals surface area contributed by atoms with Crippen LogP contribution in [0.15, 0.2) is 0 Å². The molecular weight excluding hydrogens is 236 g/mol. The zero-order valence-corrected chi connectivity index (χ0v) is 12.1. The van der Waals surface area contributed by atoms with Crippen molar-refractivity contribution in [3.05, 3.63) is 0 Å². The molecule has 2 N–H and O–H groups in total. The van der Waals surface area contributed by atoms with Crippen molar-refractivity contribution in [2.75, 3.05) is 46.2 Å². The van der Waals surface area contributed by atoms with Crippen molar-refractivity contribution in [2.45, 2.75) is 39.7 Å². The molecular formula is C13H30O5. The lowest BCUT2D eigenvalue weighted by Gasteiger charge is -2.02. The van der Waals surface area contributed by atoms with E-state index in [1.807, 2.05) is 13.8 Å². The summed E-state index contributed by atoms with van der Waals surface area (Å²) in [5.41, 5.74) is 0. The lowest BCUT2D eigenvalue weighted by atomic mass is 10.4. The molecule has 0 unspecified atom stereocenters. The van der Waals surface area contributed by atoms with E-state index in [9.17, 15) is 0 Å². The molecule has 0 aliphatic carbocycles. The van der Waals surface area contributed by atoms with E-state index in [4.69, 9.17) is 24.4 Å². The summed E-state index contributed by atoms with van der Waals surface area (Å²) in [7, 11) is 0. The average molecular weight is 266 g/mol. The van der Waals surface area contributed by atoms with Gasteiger partial charge in [0.25, 0.3) is 0 Å². The Balaban J connectivity index is 0. The minimum Gasteiger partial charge on any atom is -0.394 e. The van der Waals surface area contributed by atoms with E-state index in [0.717, 1.165) is 19.4 Å². The molecule has 0 aromatic heterocycles. The third kappa shape index (κ3) is 24.9. The molecule has 0 aromatic rings. The fourth-order valence-electron chi connectivity index (χ4n) is 0.921. The van der Waals surface area contributed by atoms with E-state index < -0.39 is 0 Å². The Morgan fingerprint density at radius 2 is 1.39 bits per heavy atom. The molecule has 112 valence electrons. The maximum absolute atomic E-state index is 8.34. The van der Waals surface area contributed by atoms with Gasteiger partial charge >= 0.3 is 0 Å². The van der Waals surface area contributed by atoms with Gasteiger partial charge in [0.05, 0.1) is 45.7 Å². The zero-order chi connectivity index (χ0) is 14.1. The van der Waals surface area contributed by atoms with Gasteiger partial charge in [0.15, 0.2) is 0 Å². The Morgan fingerprint density at radius 3 is 1.78 bits per heavy atom. The first-order chi connectivity index (χ1) is 8.68. The maximum atomic E-state index is 8.34. The smallest absolute Gasteiger partial charge is 0.0701 e. The molecule has 0 aliphatic rings. The van der Waals surface area contributed by atoms with E-state index in [-0.39, 0.29) is 19.3 Å². The first kappa shape index (κ1) is 20.1. The quantitative estimate of drug-likeness (QED) is 0.550. The number of aliphatic hydroxyl groups is 2. The van der Waals surface area contributed by atoms with Gasteiger partial charge in [0.1, 0.15) is 0 Å². The van der Waals surface area contributed by atoms with Gasteiger partial charge < -0.3 is 24.4 Å². The number of aliphatic hydroxyl groups excluding tert-OH is 2. The molecule has 0 fully saturated rings. The van der Waals surface area contributed by atoms with Crippen LogP contribution in [0.5, 0.6) is 0 Å². The Labute approximate surface area is 111 Å². The van der Waals surface area contributed by atoms with Crippen molar-refractivity contribution in [2.24, 2.45) is 0 Å².